The molecule has 0 aliphatic carbocycles. The maximum Gasteiger partial charge on any atom is 0.184 e. The van der Waals surface area contributed by atoms with Crippen molar-refractivity contribution in [2.75, 3.05) is 12.4 Å². The van der Waals surface area contributed by atoms with Crippen molar-refractivity contribution in [2.24, 2.45) is 0 Å². The molecule has 0 radical (unpaired) electrons. The number of rotatable bonds is 5. The molecule has 3 aromatic rings. The molecule has 3 rings (SSSR count). The zero-order chi connectivity index (χ0) is 13.9. The maximum absolute atomic E-state index is 5.24. The van der Waals surface area contributed by atoms with Crippen LogP contribution in [-0.4, -0.2) is 17.1 Å². The van der Waals surface area contributed by atoms with Gasteiger partial charge in [0.1, 0.15) is 10.8 Å². The molecule has 1 aromatic carbocycles. The fraction of sp³-hybridized carbons (Fsp3) is 0.286. The molecule has 0 bridgehead atoms. The van der Waals surface area contributed by atoms with Crippen molar-refractivity contribution in [1.82, 2.24) is 9.97 Å². The number of methoxy groups -OCH3 is 1. The van der Waals surface area contributed by atoms with Gasteiger partial charge in [-0.05, 0) is 24.6 Å². The summed E-state index contributed by atoms with van der Waals surface area (Å²) in [4.78, 5) is 8.99. The third kappa shape index (κ3) is 2.62. The highest BCUT2D eigenvalue weighted by atomic mass is 32.1. The molecule has 0 fully saturated rings. The number of fused-ring (bicyclic) bond motifs is 1. The number of hydrogen-bond acceptors (Lipinski definition) is 6. The Morgan fingerprint density at radius 1 is 1.40 bits per heavy atom. The Labute approximate surface area is 125 Å². The monoisotopic (exact) mass is 305 g/mol. The molecular formula is C14H15N3OS2. The Kier molecular flexibility index (Phi) is 3.84. The fourth-order valence-corrected chi connectivity index (χ4v) is 3.71. The van der Waals surface area contributed by atoms with Crippen molar-refractivity contribution in [3.05, 3.63) is 34.8 Å². The van der Waals surface area contributed by atoms with Gasteiger partial charge in [-0.3, -0.25) is 0 Å². The SMILES string of the molecule is CCC(Nc1nc2ccc(OC)cc2s1)c1nccs1. The molecule has 4 nitrogen and oxygen atoms in total. The number of ether oxygens (including phenoxy) is 1. The minimum absolute atomic E-state index is 0.220. The summed E-state index contributed by atoms with van der Waals surface area (Å²) in [5.41, 5.74) is 0.993. The highest BCUT2D eigenvalue weighted by molar-refractivity contribution is 7.22. The fourth-order valence-electron chi connectivity index (χ4n) is 1.99. The smallest absolute Gasteiger partial charge is 0.184 e. The molecule has 2 heterocycles. The molecule has 2 aromatic heterocycles. The molecule has 6 heteroatoms. The van der Waals surface area contributed by atoms with E-state index in [2.05, 4.69) is 22.2 Å². The third-order valence-electron chi connectivity index (χ3n) is 3.05. The summed E-state index contributed by atoms with van der Waals surface area (Å²) < 4.78 is 6.37. The molecule has 0 aliphatic rings. The van der Waals surface area contributed by atoms with Crippen LogP contribution in [0.4, 0.5) is 5.13 Å². The molecule has 0 saturated carbocycles. The summed E-state index contributed by atoms with van der Waals surface area (Å²) in [6.45, 7) is 2.15. The van der Waals surface area contributed by atoms with Crippen LogP contribution < -0.4 is 10.1 Å². The van der Waals surface area contributed by atoms with Gasteiger partial charge >= 0.3 is 0 Å². The van der Waals surface area contributed by atoms with Crippen LogP contribution in [0.15, 0.2) is 29.8 Å². The van der Waals surface area contributed by atoms with Crippen LogP contribution in [0.25, 0.3) is 10.2 Å². The van der Waals surface area contributed by atoms with Gasteiger partial charge in [0.15, 0.2) is 5.13 Å². The number of nitrogens with one attached hydrogen (secondary N) is 1. The lowest BCUT2D eigenvalue weighted by Crippen LogP contribution is -2.08. The van der Waals surface area contributed by atoms with E-state index in [4.69, 9.17) is 4.74 Å². The van der Waals surface area contributed by atoms with E-state index in [0.29, 0.717) is 0 Å². The van der Waals surface area contributed by atoms with Crippen molar-refractivity contribution >= 4 is 38.0 Å². The number of hydrogen-bond donors (Lipinski definition) is 1. The van der Waals surface area contributed by atoms with E-state index in [9.17, 15) is 0 Å². The van der Waals surface area contributed by atoms with E-state index in [0.717, 1.165) is 32.5 Å². The minimum Gasteiger partial charge on any atom is -0.497 e. The molecule has 1 N–H and O–H groups in total. The quantitative estimate of drug-likeness (QED) is 0.762. The first-order valence-corrected chi connectivity index (χ1v) is 8.10. The Morgan fingerprint density at radius 2 is 2.30 bits per heavy atom. The van der Waals surface area contributed by atoms with E-state index < -0.39 is 0 Å². The summed E-state index contributed by atoms with van der Waals surface area (Å²) in [6.07, 6.45) is 2.82. The predicted octanol–water partition coefficient (Wildman–Crippen LogP) is 4.32. The van der Waals surface area contributed by atoms with Gasteiger partial charge in [-0.25, -0.2) is 9.97 Å². The van der Waals surface area contributed by atoms with E-state index >= 15 is 0 Å². The van der Waals surface area contributed by atoms with E-state index in [1.807, 2.05) is 29.8 Å². The first-order chi connectivity index (χ1) is 9.80. The topological polar surface area (TPSA) is 47.0 Å². The Morgan fingerprint density at radius 3 is 3.00 bits per heavy atom. The lowest BCUT2D eigenvalue weighted by atomic mass is 10.2. The van der Waals surface area contributed by atoms with Crippen LogP contribution in [-0.2, 0) is 0 Å². The number of anilines is 1. The van der Waals surface area contributed by atoms with Gasteiger partial charge < -0.3 is 10.1 Å². The van der Waals surface area contributed by atoms with Crippen molar-refractivity contribution in [3.63, 3.8) is 0 Å². The van der Waals surface area contributed by atoms with Crippen LogP contribution in [0, 0.1) is 0 Å². The molecule has 20 heavy (non-hydrogen) atoms. The highest BCUT2D eigenvalue weighted by Gasteiger charge is 2.14. The lowest BCUT2D eigenvalue weighted by molar-refractivity contribution is 0.415. The summed E-state index contributed by atoms with van der Waals surface area (Å²) in [7, 11) is 1.68. The number of benzene rings is 1. The van der Waals surface area contributed by atoms with E-state index in [-0.39, 0.29) is 6.04 Å². The van der Waals surface area contributed by atoms with Gasteiger partial charge in [-0.1, -0.05) is 18.3 Å². The first-order valence-electron chi connectivity index (χ1n) is 6.40. The van der Waals surface area contributed by atoms with Crippen LogP contribution in [0.5, 0.6) is 5.75 Å². The maximum atomic E-state index is 5.24. The number of nitrogens with zero attached hydrogens (tertiary/aromatic N) is 2. The van der Waals surface area contributed by atoms with Gasteiger partial charge in [0, 0.05) is 11.6 Å². The van der Waals surface area contributed by atoms with Crippen LogP contribution in [0.2, 0.25) is 0 Å². The number of thiazole rings is 2. The second kappa shape index (κ2) is 5.76. The molecule has 1 atom stereocenters. The highest BCUT2D eigenvalue weighted by Crippen LogP contribution is 2.32. The van der Waals surface area contributed by atoms with Gasteiger partial charge in [-0.15, -0.1) is 11.3 Å². The van der Waals surface area contributed by atoms with Crippen molar-refractivity contribution in [1.29, 1.82) is 0 Å². The Bertz CT molecular complexity index is 694. The normalized spacial score (nSPS) is 12.5. The third-order valence-corrected chi connectivity index (χ3v) is 4.89. The second-order valence-corrected chi connectivity index (χ2v) is 6.28. The van der Waals surface area contributed by atoms with Gasteiger partial charge in [0.25, 0.3) is 0 Å². The van der Waals surface area contributed by atoms with Gasteiger partial charge in [-0.2, -0.15) is 0 Å². The van der Waals surface area contributed by atoms with Crippen LogP contribution >= 0.6 is 22.7 Å². The molecule has 104 valence electrons. The zero-order valence-electron chi connectivity index (χ0n) is 11.3. The molecular weight excluding hydrogens is 290 g/mol. The Balaban J connectivity index is 1.86. The lowest BCUT2D eigenvalue weighted by Gasteiger charge is -2.12. The molecule has 0 saturated heterocycles. The van der Waals surface area contributed by atoms with E-state index in [1.54, 1.807) is 29.8 Å². The predicted molar refractivity (Wildman–Crippen MR) is 84.9 cm³/mol. The Hall–Kier alpha value is -1.66. The largest absolute Gasteiger partial charge is 0.497 e. The summed E-state index contributed by atoms with van der Waals surface area (Å²) in [5.74, 6) is 0.861. The van der Waals surface area contributed by atoms with Crippen LogP contribution in [0.1, 0.15) is 24.4 Å². The van der Waals surface area contributed by atoms with Crippen LogP contribution in [0.3, 0.4) is 0 Å². The minimum atomic E-state index is 0.220. The van der Waals surface area contributed by atoms with Gasteiger partial charge in [0.2, 0.25) is 0 Å². The van der Waals surface area contributed by atoms with Crippen molar-refractivity contribution < 1.29 is 4.74 Å². The average Bonchev–Trinajstić information content (AvgIpc) is 3.12. The molecule has 0 spiro atoms. The zero-order valence-corrected chi connectivity index (χ0v) is 12.9. The molecule has 1 unspecified atom stereocenters. The summed E-state index contributed by atoms with van der Waals surface area (Å²) in [6, 6.07) is 6.16. The first kappa shape index (κ1) is 13.3. The van der Waals surface area contributed by atoms with Crippen molar-refractivity contribution in [3.8, 4) is 5.75 Å². The average molecular weight is 305 g/mol. The standard InChI is InChI=1S/C14H15N3OS2/c1-3-10(13-15-6-7-19-13)16-14-17-11-5-4-9(18-2)8-12(11)20-14/h4-8,10H,3H2,1-2H3,(H,16,17). The van der Waals surface area contributed by atoms with Crippen molar-refractivity contribution in [2.45, 2.75) is 19.4 Å². The van der Waals surface area contributed by atoms with Gasteiger partial charge in [0.05, 0.1) is 23.4 Å². The summed E-state index contributed by atoms with van der Waals surface area (Å²) in [5, 5.41) is 7.50. The summed E-state index contributed by atoms with van der Waals surface area (Å²) >= 11 is 3.31. The molecule has 0 aliphatic heterocycles. The molecule has 0 amide bonds. The van der Waals surface area contributed by atoms with E-state index in [1.165, 1.54) is 0 Å². The second-order valence-electron chi connectivity index (χ2n) is 4.33. The number of aromatic nitrogens is 2.